The smallest absolute Gasteiger partial charge is 0.0273 e. The van der Waals surface area contributed by atoms with Gasteiger partial charge in [-0.3, -0.25) is 9.88 Å². The molecule has 1 aromatic rings. The molecule has 118 valence electrons. The molecule has 0 amide bonds. The lowest BCUT2D eigenvalue weighted by Crippen LogP contribution is -2.60. The van der Waals surface area contributed by atoms with Crippen molar-refractivity contribution in [3.63, 3.8) is 0 Å². The Hall–Kier alpha value is -0.930. The zero-order valence-corrected chi connectivity index (χ0v) is 14.3. The van der Waals surface area contributed by atoms with Gasteiger partial charge in [-0.25, -0.2) is 0 Å². The molecular weight excluding hydrogens is 258 g/mol. The Kier molecular flexibility index (Phi) is 5.39. The molecule has 3 nitrogen and oxygen atoms in total. The first-order valence-corrected chi connectivity index (χ1v) is 8.22. The van der Waals surface area contributed by atoms with Crippen molar-refractivity contribution in [1.82, 2.24) is 15.2 Å². The van der Waals surface area contributed by atoms with Gasteiger partial charge in [0.25, 0.3) is 0 Å². The highest BCUT2D eigenvalue weighted by molar-refractivity contribution is 5.10. The highest BCUT2D eigenvalue weighted by Gasteiger charge is 2.35. The molecule has 2 unspecified atom stereocenters. The normalized spacial score (nSPS) is 24.5. The fourth-order valence-electron chi connectivity index (χ4n) is 3.36. The van der Waals surface area contributed by atoms with Crippen LogP contribution in [0.5, 0.6) is 0 Å². The van der Waals surface area contributed by atoms with Crippen LogP contribution < -0.4 is 5.32 Å². The molecule has 2 heterocycles. The summed E-state index contributed by atoms with van der Waals surface area (Å²) < 4.78 is 0. The first-order chi connectivity index (χ1) is 9.86. The number of hydrogen-bond donors (Lipinski definition) is 1. The van der Waals surface area contributed by atoms with Crippen LogP contribution in [-0.2, 0) is 6.54 Å². The molecule has 0 aliphatic carbocycles. The molecule has 1 aliphatic rings. The quantitative estimate of drug-likeness (QED) is 0.921. The van der Waals surface area contributed by atoms with Crippen molar-refractivity contribution in [2.45, 2.75) is 59.7 Å². The minimum Gasteiger partial charge on any atom is -0.311 e. The summed E-state index contributed by atoms with van der Waals surface area (Å²) in [6.45, 7) is 14.9. The SMILES string of the molecule is CC(C)CC1CN(Cc2ccncc2)C(C(C)(C)C)CN1. The van der Waals surface area contributed by atoms with E-state index in [1.54, 1.807) is 0 Å². The molecule has 1 aromatic heterocycles. The highest BCUT2D eigenvalue weighted by Crippen LogP contribution is 2.28. The predicted molar refractivity (Wildman–Crippen MR) is 89.1 cm³/mol. The second-order valence-electron chi connectivity index (χ2n) is 7.90. The van der Waals surface area contributed by atoms with Crippen LogP contribution >= 0.6 is 0 Å². The van der Waals surface area contributed by atoms with Crippen molar-refractivity contribution in [2.24, 2.45) is 11.3 Å². The van der Waals surface area contributed by atoms with Gasteiger partial charge in [0, 0.05) is 44.1 Å². The van der Waals surface area contributed by atoms with Gasteiger partial charge in [0.1, 0.15) is 0 Å². The van der Waals surface area contributed by atoms with Crippen molar-refractivity contribution in [3.8, 4) is 0 Å². The van der Waals surface area contributed by atoms with E-state index in [4.69, 9.17) is 0 Å². The Morgan fingerprint density at radius 1 is 1.29 bits per heavy atom. The molecule has 2 atom stereocenters. The van der Waals surface area contributed by atoms with E-state index in [0.717, 1.165) is 25.6 Å². The Bertz CT molecular complexity index is 422. The lowest BCUT2D eigenvalue weighted by atomic mass is 9.83. The van der Waals surface area contributed by atoms with Crippen molar-refractivity contribution in [1.29, 1.82) is 0 Å². The topological polar surface area (TPSA) is 28.2 Å². The third kappa shape index (κ3) is 4.79. The fraction of sp³-hybridized carbons (Fsp3) is 0.722. The Morgan fingerprint density at radius 3 is 2.52 bits per heavy atom. The maximum absolute atomic E-state index is 4.13. The first kappa shape index (κ1) is 16.4. The summed E-state index contributed by atoms with van der Waals surface area (Å²) in [6, 6.07) is 5.47. The molecule has 0 aromatic carbocycles. The number of nitrogens with zero attached hydrogens (tertiary/aromatic N) is 2. The van der Waals surface area contributed by atoms with E-state index in [0.29, 0.717) is 17.5 Å². The molecular formula is C18H31N3. The average molecular weight is 289 g/mol. The molecule has 1 aliphatic heterocycles. The number of nitrogens with one attached hydrogen (secondary N) is 1. The second-order valence-corrected chi connectivity index (χ2v) is 7.90. The molecule has 0 spiro atoms. The molecule has 21 heavy (non-hydrogen) atoms. The summed E-state index contributed by atoms with van der Waals surface area (Å²) in [7, 11) is 0. The average Bonchev–Trinajstić information content (AvgIpc) is 2.38. The minimum atomic E-state index is 0.294. The number of rotatable bonds is 4. The number of aromatic nitrogens is 1. The maximum atomic E-state index is 4.13. The van der Waals surface area contributed by atoms with Crippen LogP contribution in [0, 0.1) is 11.3 Å². The van der Waals surface area contributed by atoms with Crippen molar-refractivity contribution < 1.29 is 0 Å². The number of hydrogen-bond acceptors (Lipinski definition) is 3. The summed E-state index contributed by atoms with van der Waals surface area (Å²) >= 11 is 0. The Morgan fingerprint density at radius 2 is 1.95 bits per heavy atom. The molecule has 0 radical (unpaired) electrons. The van der Waals surface area contributed by atoms with E-state index in [1.165, 1.54) is 12.0 Å². The van der Waals surface area contributed by atoms with E-state index >= 15 is 0 Å². The van der Waals surface area contributed by atoms with E-state index < -0.39 is 0 Å². The second kappa shape index (κ2) is 6.89. The summed E-state index contributed by atoms with van der Waals surface area (Å²) in [5.74, 6) is 0.747. The zero-order valence-electron chi connectivity index (χ0n) is 14.3. The highest BCUT2D eigenvalue weighted by atomic mass is 15.2. The van der Waals surface area contributed by atoms with E-state index in [2.05, 4.69) is 62.0 Å². The van der Waals surface area contributed by atoms with Gasteiger partial charge in [0.05, 0.1) is 0 Å². The molecule has 3 heteroatoms. The van der Waals surface area contributed by atoms with Crippen LogP contribution in [0.1, 0.15) is 46.6 Å². The molecule has 0 saturated carbocycles. The van der Waals surface area contributed by atoms with Crippen LogP contribution in [0.2, 0.25) is 0 Å². The zero-order chi connectivity index (χ0) is 15.5. The van der Waals surface area contributed by atoms with Crippen LogP contribution in [0.3, 0.4) is 0 Å². The van der Waals surface area contributed by atoms with Gasteiger partial charge in [-0.15, -0.1) is 0 Å². The van der Waals surface area contributed by atoms with Gasteiger partial charge in [0.2, 0.25) is 0 Å². The third-order valence-corrected chi connectivity index (χ3v) is 4.39. The van der Waals surface area contributed by atoms with Gasteiger partial charge in [0.15, 0.2) is 0 Å². The first-order valence-electron chi connectivity index (χ1n) is 8.22. The predicted octanol–water partition coefficient (Wildman–Crippen LogP) is 3.32. The summed E-state index contributed by atoms with van der Waals surface area (Å²) in [6.07, 6.45) is 5.05. The van der Waals surface area contributed by atoms with Gasteiger partial charge in [-0.1, -0.05) is 34.6 Å². The number of pyridine rings is 1. The third-order valence-electron chi connectivity index (χ3n) is 4.39. The number of piperazine rings is 1. The molecule has 1 fully saturated rings. The largest absolute Gasteiger partial charge is 0.311 e. The van der Waals surface area contributed by atoms with Crippen LogP contribution in [0.25, 0.3) is 0 Å². The van der Waals surface area contributed by atoms with Gasteiger partial charge in [-0.05, 0) is 35.4 Å². The molecule has 1 N–H and O–H groups in total. The summed E-state index contributed by atoms with van der Waals surface area (Å²) in [5, 5.41) is 3.77. The van der Waals surface area contributed by atoms with E-state index in [1.807, 2.05) is 12.4 Å². The lowest BCUT2D eigenvalue weighted by Gasteiger charge is -2.47. The van der Waals surface area contributed by atoms with Gasteiger partial charge in [-0.2, -0.15) is 0 Å². The monoisotopic (exact) mass is 289 g/mol. The van der Waals surface area contributed by atoms with E-state index in [9.17, 15) is 0 Å². The summed E-state index contributed by atoms with van der Waals surface area (Å²) in [4.78, 5) is 6.80. The maximum Gasteiger partial charge on any atom is 0.0273 e. The minimum absolute atomic E-state index is 0.294. The van der Waals surface area contributed by atoms with Crippen LogP contribution in [0.4, 0.5) is 0 Å². The lowest BCUT2D eigenvalue weighted by molar-refractivity contribution is 0.0452. The van der Waals surface area contributed by atoms with Crippen molar-refractivity contribution in [3.05, 3.63) is 30.1 Å². The fourth-order valence-corrected chi connectivity index (χ4v) is 3.36. The van der Waals surface area contributed by atoms with Crippen molar-refractivity contribution >= 4 is 0 Å². The summed E-state index contributed by atoms with van der Waals surface area (Å²) in [5.41, 5.74) is 1.66. The van der Waals surface area contributed by atoms with Gasteiger partial charge >= 0.3 is 0 Å². The Labute approximate surface area is 130 Å². The van der Waals surface area contributed by atoms with Crippen LogP contribution in [-0.4, -0.2) is 35.1 Å². The van der Waals surface area contributed by atoms with E-state index in [-0.39, 0.29) is 0 Å². The molecule has 1 saturated heterocycles. The molecule has 0 bridgehead atoms. The van der Waals surface area contributed by atoms with Crippen LogP contribution in [0.15, 0.2) is 24.5 Å². The standard InChI is InChI=1S/C18H31N3/c1-14(2)10-16-13-21(12-15-6-8-19-9-7-15)17(11-20-16)18(3,4)5/h6-9,14,16-17,20H,10-13H2,1-5H3. The molecule has 2 rings (SSSR count). The Balaban J connectivity index is 2.09. The van der Waals surface area contributed by atoms with Gasteiger partial charge < -0.3 is 5.32 Å². The van der Waals surface area contributed by atoms with Crippen molar-refractivity contribution in [2.75, 3.05) is 13.1 Å².